The quantitative estimate of drug-likeness (QED) is 0.499. The van der Waals surface area contributed by atoms with Crippen molar-refractivity contribution in [3.63, 3.8) is 0 Å². The van der Waals surface area contributed by atoms with Gasteiger partial charge < -0.3 is 10.1 Å². The Bertz CT molecular complexity index is 1210. The van der Waals surface area contributed by atoms with E-state index < -0.39 is 21.9 Å². The van der Waals surface area contributed by atoms with Crippen LogP contribution < -0.4 is 9.62 Å². The highest BCUT2D eigenvalue weighted by molar-refractivity contribution is 7.93. The van der Waals surface area contributed by atoms with Crippen LogP contribution in [0.25, 0.3) is 0 Å². The molecule has 0 fully saturated rings. The number of hydrogen-bond acceptors (Lipinski definition) is 6. The minimum Gasteiger partial charge on any atom is -0.465 e. The van der Waals surface area contributed by atoms with Gasteiger partial charge in [-0.15, -0.1) is 11.3 Å². The van der Waals surface area contributed by atoms with E-state index in [4.69, 9.17) is 11.6 Å². The van der Waals surface area contributed by atoms with Crippen LogP contribution in [0.15, 0.2) is 65.6 Å². The molecule has 0 saturated heterocycles. The average molecular weight is 479 g/mol. The van der Waals surface area contributed by atoms with E-state index in [1.165, 1.54) is 41.7 Å². The van der Waals surface area contributed by atoms with Crippen LogP contribution in [-0.2, 0) is 14.8 Å². The van der Waals surface area contributed by atoms with Gasteiger partial charge in [-0.25, -0.2) is 13.2 Å². The number of halogens is 1. The Labute approximate surface area is 189 Å². The number of sulfonamides is 1. The Balaban J connectivity index is 1.90. The third-order valence-corrected chi connectivity index (χ3v) is 7.75. The predicted molar refractivity (Wildman–Crippen MR) is 122 cm³/mol. The summed E-state index contributed by atoms with van der Waals surface area (Å²) in [4.78, 5) is 24.6. The van der Waals surface area contributed by atoms with E-state index >= 15 is 0 Å². The first-order valence-corrected chi connectivity index (χ1v) is 11.8. The summed E-state index contributed by atoms with van der Waals surface area (Å²) in [5, 5.41) is 2.68. The van der Waals surface area contributed by atoms with Crippen molar-refractivity contribution < 1.29 is 22.7 Å². The number of rotatable bonds is 7. The number of thiophene rings is 1. The molecular formula is C21H19ClN2O5S2. The van der Waals surface area contributed by atoms with Crippen molar-refractivity contribution >= 4 is 56.2 Å². The lowest BCUT2D eigenvalue weighted by molar-refractivity contribution is 0.0606. The molecule has 0 atom stereocenters. The molecule has 0 aliphatic carbocycles. The van der Waals surface area contributed by atoms with Gasteiger partial charge in [0.1, 0.15) is 9.77 Å². The summed E-state index contributed by atoms with van der Waals surface area (Å²) in [6.07, 6.45) is 0. The molecule has 0 spiro atoms. The molecule has 3 rings (SSSR count). The smallest absolute Gasteiger partial charge is 0.348 e. The summed E-state index contributed by atoms with van der Waals surface area (Å²) in [6.45, 7) is 1.92. The lowest BCUT2D eigenvalue weighted by Gasteiger charge is -2.23. The van der Waals surface area contributed by atoms with E-state index in [1.807, 2.05) is 0 Å². The fourth-order valence-electron chi connectivity index (χ4n) is 2.85. The van der Waals surface area contributed by atoms with Crippen molar-refractivity contribution in [1.29, 1.82) is 0 Å². The molecule has 7 nitrogen and oxygen atoms in total. The molecule has 0 saturated carbocycles. The van der Waals surface area contributed by atoms with E-state index in [-0.39, 0.29) is 31.9 Å². The van der Waals surface area contributed by atoms with E-state index in [0.29, 0.717) is 5.69 Å². The SMILES string of the molecule is CCN(c1ccccc1)S(=O)(=O)c1cc(NC(=O)c2ccc(C(=O)OC)s2)ccc1Cl. The Morgan fingerprint density at radius 2 is 1.74 bits per heavy atom. The van der Waals surface area contributed by atoms with Crippen LogP contribution in [0.4, 0.5) is 11.4 Å². The Hall–Kier alpha value is -2.88. The van der Waals surface area contributed by atoms with E-state index in [0.717, 1.165) is 11.3 Å². The molecule has 1 heterocycles. The number of amides is 1. The number of carbonyl (C=O) groups is 2. The highest BCUT2D eigenvalue weighted by atomic mass is 35.5. The maximum Gasteiger partial charge on any atom is 0.348 e. The zero-order valence-electron chi connectivity index (χ0n) is 16.7. The second-order valence-corrected chi connectivity index (χ2v) is 9.58. The van der Waals surface area contributed by atoms with Crippen LogP contribution in [0.2, 0.25) is 5.02 Å². The molecule has 1 amide bonds. The molecule has 0 radical (unpaired) electrons. The first kappa shape index (κ1) is 22.8. The molecular weight excluding hydrogens is 460 g/mol. The number of esters is 1. The van der Waals surface area contributed by atoms with Crippen LogP contribution in [0.5, 0.6) is 0 Å². The van der Waals surface area contributed by atoms with Crippen molar-refractivity contribution in [3.05, 3.63) is 75.4 Å². The van der Waals surface area contributed by atoms with Gasteiger partial charge in [0, 0.05) is 12.2 Å². The first-order chi connectivity index (χ1) is 14.8. The van der Waals surface area contributed by atoms with Gasteiger partial charge in [-0.1, -0.05) is 29.8 Å². The van der Waals surface area contributed by atoms with Gasteiger partial charge in [0.25, 0.3) is 15.9 Å². The minimum absolute atomic E-state index is 0.0384. The normalized spacial score (nSPS) is 11.1. The molecule has 10 heteroatoms. The Morgan fingerprint density at radius 1 is 1.06 bits per heavy atom. The third-order valence-electron chi connectivity index (χ3n) is 4.30. The summed E-state index contributed by atoms with van der Waals surface area (Å²) < 4.78 is 32.4. The number of nitrogens with one attached hydrogen (secondary N) is 1. The van der Waals surface area contributed by atoms with Crippen molar-refractivity contribution in [2.45, 2.75) is 11.8 Å². The summed E-state index contributed by atoms with van der Waals surface area (Å²) in [6, 6.07) is 15.9. The van der Waals surface area contributed by atoms with Crippen molar-refractivity contribution in [2.24, 2.45) is 0 Å². The highest BCUT2D eigenvalue weighted by Gasteiger charge is 2.27. The maximum absolute atomic E-state index is 13.3. The van der Waals surface area contributed by atoms with Gasteiger partial charge in [0.05, 0.1) is 22.7 Å². The van der Waals surface area contributed by atoms with Crippen LogP contribution in [0.3, 0.4) is 0 Å². The fraction of sp³-hybridized carbons (Fsp3) is 0.143. The lowest BCUT2D eigenvalue weighted by Crippen LogP contribution is -2.31. The number of hydrogen-bond donors (Lipinski definition) is 1. The van der Waals surface area contributed by atoms with Gasteiger partial charge in [0.15, 0.2) is 0 Å². The van der Waals surface area contributed by atoms with Gasteiger partial charge in [0.2, 0.25) is 0 Å². The Kier molecular flexibility index (Phi) is 6.99. The van der Waals surface area contributed by atoms with Crippen LogP contribution >= 0.6 is 22.9 Å². The van der Waals surface area contributed by atoms with Gasteiger partial charge in [-0.2, -0.15) is 0 Å². The standard InChI is InChI=1S/C21H19ClN2O5S2/c1-3-24(15-7-5-4-6-8-15)31(27,28)19-13-14(9-10-16(19)22)23-20(25)17-11-12-18(30-17)21(26)29-2/h4-13H,3H2,1-2H3,(H,23,25). The van der Waals surface area contributed by atoms with Crippen molar-refractivity contribution in [2.75, 3.05) is 23.3 Å². The summed E-state index contributed by atoms with van der Waals surface area (Å²) in [5.41, 5.74) is 0.759. The largest absolute Gasteiger partial charge is 0.465 e. The number of carbonyl (C=O) groups excluding carboxylic acids is 2. The molecule has 0 aliphatic rings. The van der Waals surface area contributed by atoms with E-state index in [9.17, 15) is 18.0 Å². The zero-order valence-corrected chi connectivity index (χ0v) is 19.1. The zero-order chi connectivity index (χ0) is 22.6. The molecule has 0 aliphatic heterocycles. The van der Waals surface area contributed by atoms with E-state index in [2.05, 4.69) is 10.1 Å². The average Bonchev–Trinajstić information content (AvgIpc) is 3.26. The molecule has 0 bridgehead atoms. The summed E-state index contributed by atoms with van der Waals surface area (Å²) in [5.74, 6) is -1.02. The lowest BCUT2D eigenvalue weighted by atomic mass is 10.3. The predicted octanol–water partition coefficient (Wildman–Crippen LogP) is 4.66. The highest BCUT2D eigenvalue weighted by Crippen LogP contribution is 2.31. The van der Waals surface area contributed by atoms with Gasteiger partial charge >= 0.3 is 5.97 Å². The van der Waals surface area contributed by atoms with Gasteiger partial charge in [-0.3, -0.25) is 9.10 Å². The minimum atomic E-state index is -3.98. The van der Waals surface area contributed by atoms with Crippen LogP contribution in [-0.4, -0.2) is 33.9 Å². The van der Waals surface area contributed by atoms with E-state index in [1.54, 1.807) is 37.3 Å². The molecule has 3 aromatic rings. The van der Waals surface area contributed by atoms with Crippen LogP contribution in [0, 0.1) is 0 Å². The Morgan fingerprint density at radius 3 is 2.39 bits per heavy atom. The number of ether oxygens (including phenoxy) is 1. The fourth-order valence-corrected chi connectivity index (χ4v) is 5.64. The number of anilines is 2. The summed E-state index contributed by atoms with van der Waals surface area (Å²) >= 11 is 7.18. The van der Waals surface area contributed by atoms with Crippen molar-refractivity contribution in [1.82, 2.24) is 0 Å². The molecule has 1 aromatic heterocycles. The topological polar surface area (TPSA) is 92.8 Å². The first-order valence-electron chi connectivity index (χ1n) is 9.14. The number of para-hydroxylation sites is 1. The number of benzene rings is 2. The van der Waals surface area contributed by atoms with Crippen molar-refractivity contribution in [3.8, 4) is 0 Å². The molecule has 162 valence electrons. The van der Waals surface area contributed by atoms with Crippen LogP contribution in [0.1, 0.15) is 26.3 Å². The molecule has 2 aromatic carbocycles. The van der Waals surface area contributed by atoms with Gasteiger partial charge in [-0.05, 0) is 49.4 Å². The summed E-state index contributed by atoms with van der Waals surface area (Å²) in [7, 11) is -2.72. The monoisotopic (exact) mass is 478 g/mol. The molecule has 0 unspecified atom stereocenters. The second kappa shape index (κ2) is 9.51. The molecule has 1 N–H and O–H groups in total. The maximum atomic E-state index is 13.3. The molecule has 31 heavy (non-hydrogen) atoms. The number of methoxy groups -OCH3 is 1. The second-order valence-electron chi connectivity index (χ2n) is 6.26. The third kappa shape index (κ3) is 4.90. The number of nitrogens with zero attached hydrogens (tertiary/aromatic N) is 1.